The number of hydrogen-bond donors (Lipinski definition) is 0. The van der Waals surface area contributed by atoms with Gasteiger partial charge in [0, 0.05) is 19.1 Å². The molecule has 1 aliphatic carbocycles. The van der Waals surface area contributed by atoms with E-state index in [0.29, 0.717) is 19.5 Å². The zero-order valence-corrected chi connectivity index (χ0v) is 16.3. The number of likely N-dealkylation sites (tertiary alicyclic amines) is 1. The summed E-state index contributed by atoms with van der Waals surface area (Å²) >= 11 is 0. The highest BCUT2D eigenvalue weighted by Crippen LogP contribution is 2.36. The number of likely N-dealkylation sites (N-methyl/N-ethyl adjacent to an activating group) is 1. The summed E-state index contributed by atoms with van der Waals surface area (Å²) in [6.07, 6.45) is 0.445. The molecule has 0 saturated carbocycles. The maximum absolute atomic E-state index is 12.9. The van der Waals surface area contributed by atoms with E-state index in [-0.39, 0.29) is 29.8 Å². The predicted octanol–water partition coefficient (Wildman–Crippen LogP) is 3.59. The van der Waals surface area contributed by atoms with Crippen molar-refractivity contribution in [2.45, 2.75) is 49.3 Å². The molecule has 150 valence electrons. The van der Waals surface area contributed by atoms with E-state index in [2.05, 4.69) is 0 Å². The normalized spacial score (nSPS) is 25.4. The third kappa shape index (κ3) is 4.38. The molecule has 0 N–H and O–H groups in total. The Hall–Kier alpha value is -1.38. The van der Waals surface area contributed by atoms with Gasteiger partial charge in [0.05, 0.1) is 10.8 Å². The molecule has 0 amide bonds. The van der Waals surface area contributed by atoms with Gasteiger partial charge in [-0.05, 0) is 57.0 Å². The molecule has 4 nitrogen and oxygen atoms in total. The fraction of sp³-hybridized carbons (Fsp3) is 0.579. The van der Waals surface area contributed by atoms with Gasteiger partial charge in [-0.1, -0.05) is 24.3 Å². The highest BCUT2D eigenvalue weighted by Gasteiger charge is 2.42. The quantitative estimate of drug-likeness (QED) is 0.723. The van der Waals surface area contributed by atoms with Crippen molar-refractivity contribution < 1.29 is 21.6 Å². The first-order valence-corrected chi connectivity index (χ1v) is 10.6. The van der Waals surface area contributed by atoms with Crippen LogP contribution in [0.15, 0.2) is 41.3 Å². The lowest BCUT2D eigenvalue weighted by Gasteiger charge is -2.36. The van der Waals surface area contributed by atoms with E-state index in [1.807, 2.05) is 30.0 Å². The Morgan fingerprint density at radius 1 is 1.15 bits per heavy atom. The van der Waals surface area contributed by atoms with Crippen LogP contribution < -0.4 is 0 Å². The number of hydrogen-bond acceptors (Lipinski definition) is 3. The van der Waals surface area contributed by atoms with Crippen molar-refractivity contribution in [2.24, 2.45) is 5.92 Å². The maximum atomic E-state index is 12.9. The molecule has 0 unspecified atom stereocenters. The van der Waals surface area contributed by atoms with Crippen LogP contribution in [-0.4, -0.2) is 56.0 Å². The van der Waals surface area contributed by atoms with Crippen molar-refractivity contribution >= 4 is 10.0 Å². The Kier molecular flexibility index (Phi) is 5.70. The zero-order chi connectivity index (χ0) is 19.8. The van der Waals surface area contributed by atoms with Crippen LogP contribution in [0.1, 0.15) is 24.8 Å². The number of alkyl halides is 3. The van der Waals surface area contributed by atoms with E-state index in [4.69, 9.17) is 0 Å². The monoisotopic (exact) mass is 402 g/mol. The third-order valence-corrected chi connectivity index (χ3v) is 7.51. The summed E-state index contributed by atoms with van der Waals surface area (Å²) in [4.78, 5) is 2.29. The standard InChI is InChI=1S/C19H25F3N2O2S/c1-14-4-3-5-18(12-14)27(25,26)23(2)16-6-7-17(13-16)24-10-8-15(9-11-24)19(20,21)22/h3-7,12,15-17H,8-11,13H2,1-2H3/t16-,17+/m0/s1. The minimum absolute atomic E-state index is 0.0145. The first-order valence-electron chi connectivity index (χ1n) is 9.13. The molecule has 3 rings (SSSR count). The van der Waals surface area contributed by atoms with Gasteiger partial charge in [-0.15, -0.1) is 0 Å². The predicted molar refractivity (Wildman–Crippen MR) is 97.8 cm³/mol. The van der Waals surface area contributed by atoms with Gasteiger partial charge in [-0.25, -0.2) is 8.42 Å². The summed E-state index contributed by atoms with van der Waals surface area (Å²) in [5.74, 6) is -1.22. The van der Waals surface area contributed by atoms with Crippen molar-refractivity contribution in [1.82, 2.24) is 9.21 Å². The summed E-state index contributed by atoms with van der Waals surface area (Å²) in [5, 5.41) is 0. The Labute approximate surface area is 158 Å². The second-order valence-electron chi connectivity index (χ2n) is 7.44. The average Bonchev–Trinajstić information content (AvgIpc) is 3.10. The number of rotatable bonds is 4. The van der Waals surface area contributed by atoms with Crippen LogP contribution in [0.5, 0.6) is 0 Å². The SMILES string of the molecule is Cc1cccc(S(=O)(=O)N(C)[C@H]2C=C[C@@H](N3CCC(C(F)(F)F)CC3)C2)c1. The largest absolute Gasteiger partial charge is 0.391 e. The molecule has 1 aromatic rings. The van der Waals surface area contributed by atoms with Crippen molar-refractivity contribution in [1.29, 1.82) is 0 Å². The number of nitrogens with zero attached hydrogens (tertiary/aromatic N) is 2. The lowest BCUT2D eigenvalue weighted by atomic mass is 9.95. The summed E-state index contributed by atoms with van der Waals surface area (Å²) in [6, 6.07) is 6.48. The first-order chi connectivity index (χ1) is 12.6. The highest BCUT2D eigenvalue weighted by molar-refractivity contribution is 7.89. The molecule has 1 heterocycles. The van der Waals surface area contributed by atoms with Crippen molar-refractivity contribution in [3.8, 4) is 0 Å². The molecule has 1 aromatic carbocycles. The van der Waals surface area contributed by atoms with Gasteiger partial charge in [-0.2, -0.15) is 17.5 Å². The van der Waals surface area contributed by atoms with Gasteiger partial charge in [0.1, 0.15) is 0 Å². The van der Waals surface area contributed by atoms with Crippen LogP contribution in [-0.2, 0) is 10.0 Å². The first kappa shape index (κ1) is 20.4. The van der Waals surface area contributed by atoms with Crippen LogP contribution in [0.2, 0.25) is 0 Å². The van der Waals surface area contributed by atoms with E-state index in [0.717, 1.165) is 5.56 Å². The molecule has 0 aromatic heterocycles. The van der Waals surface area contributed by atoms with Crippen LogP contribution in [0, 0.1) is 12.8 Å². The third-order valence-electron chi connectivity index (χ3n) is 5.63. The minimum Gasteiger partial charge on any atom is -0.297 e. The Balaban J connectivity index is 1.62. The summed E-state index contributed by atoms with van der Waals surface area (Å²) in [5.41, 5.74) is 0.872. The number of piperidine rings is 1. The second kappa shape index (κ2) is 7.56. The van der Waals surface area contributed by atoms with E-state index < -0.39 is 22.1 Å². The summed E-state index contributed by atoms with van der Waals surface area (Å²) < 4.78 is 65.6. The van der Waals surface area contributed by atoms with Gasteiger partial charge in [-0.3, -0.25) is 4.90 Å². The molecule has 8 heteroatoms. The molecule has 0 spiro atoms. The highest BCUT2D eigenvalue weighted by atomic mass is 32.2. The van der Waals surface area contributed by atoms with Crippen LogP contribution in [0.25, 0.3) is 0 Å². The molecular weight excluding hydrogens is 377 g/mol. The molecular formula is C19H25F3N2O2S. The maximum Gasteiger partial charge on any atom is 0.391 e. The lowest BCUT2D eigenvalue weighted by Crippen LogP contribution is -2.44. The van der Waals surface area contributed by atoms with E-state index in [9.17, 15) is 21.6 Å². The van der Waals surface area contributed by atoms with Gasteiger partial charge >= 0.3 is 6.18 Å². The number of halogens is 3. The molecule has 0 radical (unpaired) electrons. The van der Waals surface area contributed by atoms with Crippen LogP contribution >= 0.6 is 0 Å². The smallest absolute Gasteiger partial charge is 0.297 e. The van der Waals surface area contributed by atoms with Crippen molar-refractivity contribution in [3.05, 3.63) is 42.0 Å². The van der Waals surface area contributed by atoms with Crippen LogP contribution in [0.4, 0.5) is 13.2 Å². The molecule has 2 aliphatic rings. The van der Waals surface area contributed by atoms with Gasteiger partial charge in [0.2, 0.25) is 10.0 Å². The molecule has 1 fully saturated rings. The van der Waals surface area contributed by atoms with Gasteiger partial charge in [0.25, 0.3) is 0 Å². The van der Waals surface area contributed by atoms with Crippen molar-refractivity contribution in [3.63, 3.8) is 0 Å². The van der Waals surface area contributed by atoms with Crippen LogP contribution in [0.3, 0.4) is 0 Å². The summed E-state index contributed by atoms with van der Waals surface area (Å²) in [6.45, 7) is 2.62. The number of aryl methyl sites for hydroxylation is 1. The molecule has 0 bridgehead atoms. The molecule has 2 atom stereocenters. The van der Waals surface area contributed by atoms with Crippen molar-refractivity contribution in [2.75, 3.05) is 20.1 Å². The number of sulfonamides is 1. The minimum atomic E-state index is -4.12. The second-order valence-corrected chi connectivity index (χ2v) is 9.44. The summed E-state index contributed by atoms with van der Waals surface area (Å²) in [7, 11) is -2.05. The Morgan fingerprint density at radius 3 is 2.41 bits per heavy atom. The topological polar surface area (TPSA) is 40.6 Å². The molecule has 27 heavy (non-hydrogen) atoms. The van der Waals surface area contributed by atoms with E-state index in [1.165, 1.54) is 4.31 Å². The zero-order valence-electron chi connectivity index (χ0n) is 15.5. The van der Waals surface area contributed by atoms with Gasteiger partial charge in [0.15, 0.2) is 0 Å². The van der Waals surface area contributed by atoms with E-state index >= 15 is 0 Å². The fourth-order valence-electron chi connectivity index (χ4n) is 3.88. The van der Waals surface area contributed by atoms with E-state index in [1.54, 1.807) is 25.2 Å². The Bertz CT molecular complexity index is 799. The Morgan fingerprint density at radius 2 is 1.81 bits per heavy atom. The molecule has 1 aliphatic heterocycles. The average molecular weight is 402 g/mol. The molecule has 1 saturated heterocycles. The lowest BCUT2D eigenvalue weighted by molar-refractivity contribution is -0.185. The fourth-order valence-corrected chi connectivity index (χ4v) is 5.31. The number of benzene rings is 1. The van der Waals surface area contributed by atoms with Gasteiger partial charge < -0.3 is 0 Å².